The topological polar surface area (TPSA) is 62.3 Å². The lowest BCUT2D eigenvalue weighted by atomic mass is 10.0. The van der Waals surface area contributed by atoms with Gasteiger partial charge in [-0.2, -0.15) is 0 Å². The number of aliphatic carboxylic acids is 1. The summed E-state index contributed by atoms with van der Waals surface area (Å²) in [6, 6.07) is 17.3. The first-order chi connectivity index (χ1) is 13.5. The number of carboxylic acid groups (broad SMARTS) is 1. The number of unbranched alkanes of at least 4 members (excludes halogenated alkanes) is 3. The Balaban J connectivity index is 1.75. The molecule has 2 N–H and O–H groups in total. The van der Waals surface area contributed by atoms with Gasteiger partial charge in [0.2, 0.25) is 0 Å². The SMILES string of the molecule is CCCCCCOc1ccc2[nH]c(SC(C)(C(=O)O)c3ccccc3)cc2c1. The maximum atomic E-state index is 12.0. The summed E-state index contributed by atoms with van der Waals surface area (Å²) >= 11 is 1.31. The third-order valence-electron chi connectivity index (χ3n) is 4.88. The van der Waals surface area contributed by atoms with Crippen molar-refractivity contribution >= 4 is 28.6 Å². The Labute approximate surface area is 170 Å². The molecule has 1 atom stereocenters. The molecule has 28 heavy (non-hydrogen) atoms. The fourth-order valence-corrected chi connectivity index (χ4v) is 4.28. The van der Waals surface area contributed by atoms with E-state index in [1.54, 1.807) is 6.92 Å². The minimum Gasteiger partial charge on any atom is -0.494 e. The van der Waals surface area contributed by atoms with Crippen molar-refractivity contribution in [2.24, 2.45) is 0 Å². The molecule has 0 spiro atoms. The molecule has 148 valence electrons. The number of benzene rings is 2. The molecule has 0 aliphatic heterocycles. The lowest BCUT2D eigenvalue weighted by Crippen LogP contribution is -2.28. The minimum absolute atomic E-state index is 0.725. The highest BCUT2D eigenvalue weighted by molar-refractivity contribution is 8.00. The quantitative estimate of drug-likeness (QED) is 0.315. The number of aromatic amines is 1. The highest BCUT2D eigenvalue weighted by atomic mass is 32.2. The molecule has 0 saturated carbocycles. The van der Waals surface area contributed by atoms with Crippen molar-refractivity contribution in [3.05, 3.63) is 60.2 Å². The van der Waals surface area contributed by atoms with Crippen LogP contribution in [-0.2, 0) is 9.54 Å². The number of H-pyrrole nitrogens is 1. The van der Waals surface area contributed by atoms with Crippen LogP contribution < -0.4 is 4.74 Å². The van der Waals surface area contributed by atoms with E-state index in [0.29, 0.717) is 0 Å². The first kappa shape index (κ1) is 20.3. The van der Waals surface area contributed by atoms with Crippen LogP contribution in [0.2, 0.25) is 0 Å². The number of ether oxygens (including phenoxy) is 1. The molecule has 3 rings (SSSR count). The molecule has 0 radical (unpaired) electrons. The van der Waals surface area contributed by atoms with Gasteiger partial charge >= 0.3 is 5.97 Å². The summed E-state index contributed by atoms with van der Waals surface area (Å²) in [6.45, 7) is 4.66. The van der Waals surface area contributed by atoms with Crippen molar-refractivity contribution in [3.63, 3.8) is 0 Å². The first-order valence-electron chi connectivity index (χ1n) is 9.76. The predicted molar refractivity (Wildman–Crippen MR) is 115 cm³/mol. The summed E-state index contributed by atoms with van der Waals surface area (Å²) < 4.78 is 4.79. The Hall–Kier alpha value is -2.40. The van der Waals surface area contributed by atoms with E-state index in [2.05, 4.69) is 11.9 Å². The molecule has 0 aliphatic carbocycles. The predicted octanol–water partition coefficient (Wildman–Crippen LogP) is 6.22. The Morgan fingerprint density at radius 3 is 2.61 bits per heavy atom. The monoisotopic (exact) mass is 397 g/mol. The third-order valence-corrected chi connectivity index (χ3v) is 6.14. The Bertz CT molecular complexity index is 922. The van der Waals surface area contributed by atoms with Gasteiger partial charge in [-0.15, -0.1) is 0 Å². The second-order valence-corrected chi connectivity index (χ2v) is 8.56. The van der Waals surface area contributed by atoms with Crippen LogP contribution in [0.1, 0.15) is 45.1 Å². The van der Waals surface area contributed by atoms with Gasteiger partial charge in [-0.3, -0.25) is 4.79 Å². The molecule has 0 aliphatic rings. The highest BCUT2D eigenvalue weighted by Crippen LogP contribution is 2.42. The van der Waals surface area contributed by atoms with Crippen LogP contribution in [0.3, 0.4) is 0 Å². The molecule has 3 aromatic rings. The Morgan fingerprint density at radius 1 is 1.11 bits per heavy atom. The van der Waals surface area contributed by atoms with E-state index in [9.17, 15) is 9.90 Å². The van der Waals surface area contributed by atoms with Gasteiger partial charge in [-0.1, -0.05) is 68.3 Å². The molecular formula is C23H27NO3S. The zero-order valence-electron chi connectivity index (χ0n) is 16.4. The largest absolute Gasteiger partial charge is 0.494 e. The zero-order chi connectivity index (χ0) is 20.0. The van der Waals surface area contributed by atoms with Gasteiger partial charge in [-0.05, 0) is 43.2 Å². The molecule has 0 saturated heterocycles. The highest BCUT2D eigenvalue weighted by Gasteiger charge is 2.37. The van der Waals surface area contributed by atoms with Crippen LogP contribution in [0.15, 0.2) is 59.6 Å². The van der Waals surface area contributed by atoms with Gasteiger partial charge in [0.05, 0.1) is 11.6 Å². The second-order valence-electron chi connectivity index (χ2n) is 7.10. The second kappa shape index (κ2) is 9.20. The van der Waals surface area contributed by atoms with Crippen LogP contribution in [-0.4, -0.2) is 22.7 Å². The number of hydrogen-bond donors (Lipinski definition) is 2. The van der Waals surface area contributed by atoms with E-state index in [1.165, 1.54) is 31.0 Å². The third kappa shape index (κ3) is 4.71. The van der Waals surface area contributed by atoms with Crippen LogP contribution in [0.5, 0.6) is 5.75 Å². The van der Waals surface area contributed by atoms with Crippen molar-refractivity contribution in [3.8, 4) is 5.75 Å². The van der Waals surface area contributed by atoms with Gasteiger partial charge < -0.3 is 14.8 Å². The molecule has 5 heteroatoms. The summed E-state index contributed by atoms with van der Waals surface area (Å²) in [6.07, 6.45) is 4.71. The molecule has 2 aromatic carbocycles. The van der Waals surface area contributed by atoms with Crippen molar-refractivity contribution in [1.82, 2.24) is 4.98 Å². The molecule has 4 nitrogen and oxygen atoms in total. The molecular weight excluding hydrogens is 370 g/mol. The van der Waals surface area contributed by atoms with Crippen LogP contribution in [0.4, 0.5) is 0 Å². The average Bonchev–Trinajstić information content (AvgIpc) is 3.09. The number of rotatable bonds is 10. The van der Waals surface area contributed by atoms with E-state index >= 15 is 0 Å². The first-order valence-corrected chi connectivity index (χ1v) is 10.6. The van der Waals surface area contributed by atoms with Crippen LogP contribution >= 0.6 is 11.8 Å². The van der Waals surface area contributed by atoms with Gasteiger partial charge in [0.1, 0.15) is 10.5 Å². The summed E-state index contributed by atoms with van der Waals surface area (Å²) in [7, 11) is 0. The molecule has 1 aromatic heterocycles. The van der Waals surface area contributed by atoms with E-state index in [1.807, 2.05) is 54.6 Å². The summed E-state index contributed by atoms with van der Waals surface area (Å²) in [5.41, 5.74) is 1.74. The number of carbonyl (C=O) groups is 1. The van der Waals surface area contributed by atoms with Gasteiger partial charge in [0, 0.05) is 10.9 Å². The van der Waals surface area contributed by atoms with Crippen molar-refractivity contribution < 1.29 is 14.6 Å². The average molecular weight is 398 g/mol. The molecule has 1 heterocycles. The fourth-order valence-electron chi connectivity index (χ4n) is 3.15. The smallest absolute Gasteiger partial charge is 0.324 e. The number of carboxylic acids is 1. The number of thioether (sulfide) groups is 1. The zero-order valence-corrected chi connectivity index (χ0v) is 17.2. The van der Waals surface area contributed by atoms with Gasteiger partial charge in [0.15, 0.2) is 0 Å². The van der Waals surface area contributed by atoms with E-state index in [-0.39, 0.29) is 0 Å². The maximum Gasteiger partial charge on any atom is 0.324 e. The van der Waals surface area contributed by atoms with Crippen LogP contribution in [0.25, 0.3) is 10.9 Å². The standard InChI is InChI=1S/C23H27NO3S/c1-3-4-5-9-14-27-19-12-13-20-17(15-19)16-21(24-20)28-23(2,22(25)26)18-10-7-6-8-11-18/h6-8,10-13,15-16,24H,3-5,9,14H2,1-2H3,(H,25,26). The number of fused-ring (bicyclic) bond motifs is 1. The lowest BCUT2D eigenvalue weighted by molar-refractivity contribution is -0.139. The van der Waals surface area contributed by atoms with Crippen LogP contribution in [0, 0.1) is 0 Å². The molecule has 1 unspecified atom stereocenters. The number of hydrogen-bond acceptors (Lipinski definition) is 3. The van der Waals surface area contributed by atoms with Gasteiger partial charge in [-0.25, -0.2) is 0 Å². The van der Waals surface area contributed by atoms with Crippen molar-refractivity contribution in [2.75, 3.05) is 6.61 Å². The number of aromatic nitrogens is 1. The van der Waals surface area contributed by atoms with Gasteiger partial charge in [0.25, 0.3) is 0 Å². The summed E-state index contributed by atoms with van der Waals surface area (Å²) in [5, 5.41) is 11.7. The minimum atomic E-state index is -1.07. The maximum absolute atomic E-state index is 12.0. The molecule has 0 fully saturated rings. The lowest BCUT2D eigenvalue weighted by Gasteiger charge is -2.24. The van der Waals surface area contributed by atoms with E-state index in [0.717, 1.165) is 40.3 Å². The van der Waals surface area contributed by atoms with E-state index in [4.69, 9.17) is 4.74 Å². The van der Waals surface area contributed by atoms with Crippen molar-refractivity contribution in [1.29, 1.82) is 0 Å². The molecule has 0 bridgehead atoms. The Morgan fingerprint density at radius 2 is 1.89 bits per heavy atom. The summed E-state index contributed by atoms with van der Waals surface area (Å²) in [5.74, 6) is -0.0120. The fraction of sp³-hybridized carbons (Fsp3) is 0.348. The Kier molecular flexibility index (Phi) is 6.68. The normalized spacial score (nSPS) is 13.4. The van der Waals surface area contributed by atoms with E-state index < -0.39 is 10.7 Å². The summed E-state index contributed by atoms with van der Waals surface area (Å²) in [4.78, 5) is 15.4. The number of nitrogens with one attached hydrogen (secondary N) is 1. The molecule has 0 amide bonds. The van der Waals surface area contributed by atoms with Crippen molar-refractivity contribution in [2.45, 2.75) is 49.3 Å².